The summed E-state index contributed by atoms with van der Waals surface area (Å²) in [6, 6.07) is 4.93. The number of nitrogens with zero attached hydrogens (tertiary/aromatic N) is 1. The van der Waals surface area contributed by atoms with Crippen molar-refractivity contribution in [3.8, 4) is 5.88 Å². The third-order valence-electron chi connectivity index (χ3n) is 1.41. The van der Waals surface area contributed by atoms with Crippen molar-refractivity contribution < 1.29 is 9.63 Å². The van der Waals surface area contributed by atoms with Crippen LogP contribution in [0.3, 0.4) is 0 Å². The van der Waals surface area contributed by atoms with Gasteiger partial charge in [0.1, 0.15) is 0 Å². The molecule has 3 nitrogen and oxygen atoms in total. The van der Waals surface area contributed by atoms with Crippen LogP contribution in [-0.4, -0.2) is 10.3 Å². The number of benzene rings is 1. The summed E-state index contributed by atoms with van der Waals surface area (Å²) in [6.45, 7) is 0. The zero-order valence-corrected chi connectivity index (χ0v) is 6.17. The van der Waals surface area contributed by atoms with Gasteiger partial charge >= 0.3 is 0 Å². The van der Waals surface area contributed by atoms with Crippen LogP contribution in [0.25, 0.3) is 11.0 Å². The highest BCUT2D eigenvalue weighted by atomic mass is 35.5. The van der Waals surface area contributed by atoms with Crippen molar-refractivity contribution in [2.45, 2.75) is 0 Å². The maximum atomic E-state index is 9.07. The summed E-state index contributed by atoms with van der Waals surface area (Å²) in [7, 11) is 0. The number of halogens is 1. The average molecular weight is 170 g/mol. The van der Waals surface area contributed by atoms with Crippen LogP contribution in [0.5, 0.6) is 5.88 Å². The molecule has 0 radical (unpaired) electrons. The summed E-state index contributed by atoms with van der Waals surface area (Å²) < 4.78 is 4.75. The van der Waals surface area contributed by atoms with E-state index in [1.165, 1.54) is 0 Å². The monoisotopic (exact) mass is 169 g/mol. The Kier molecular flexibility index (Phi) is 1.26. The van der Waals surface area contributed by atoms with E-state index in [4.69, 9.17) is 21.2 Å². The summed E-state index contributed by atoms with van der Waals surface area (Å²) >= 11 is 5.67. The van der Waals surface area contributed by atoms with Crippen LogP contribution >= 0.6 is 11.6 Å². The first-order valence-electron chi connectivity index (χ1n) is 3.01. The largest absolute Gasteiger partial charge is 0.491 e. The van der Waals surface area contributed by atoms with E-state index in [-0.39, 0.29) is 5.88 Å². The molecular formula is C7H4ClNO2. The van der Waals surface area contributed by atoms with E-state index in [0.717, 1.165) is 0 Å². The van der Waals surface area contributed by atoms with Crippen molar-refractivity contribution in [3.05, 3.63) is 23.2 Å². The van der Waals surface area contributed by atoms with Crippen molar-refractivity contribution >= 4 is 22.6 Å². The fourth-order valence-electron chi connectivity index (χ4n) is 0.898. The molecule has 2 rings (SSSR count). The lowest BCUT2D eigenvalue weighted by Crippen LogP contribution is -1.64. The Hall–Kier alpha value is -1.22. The molecule has 0 fully saturated rings. The zero-order chi connectivity index (χ0) is 7.84. The maximum absolute atomic E-state index is 9.07. The van der Waals surface area contributed by atoms with Gasteiger partial charge in [0.25, 0.3) is 5.88 Å². The lowest BCUT2D eigenvalue weighted by Gasteiger charge is -1.86. The lowest BCUT2D eigenvalue weighted by atomic mass is 10.3. The predicted molar refractivity (Wildman–Crippen MR) is 40.7 cm³/mol. The smallest absolute Gasteiger partial charge is 0.259 e. The van der Waals surface area contributed by atoms with E-state index in [2.05, 4.69) is 5.16 Å². The Morgan fingerprint density at radius 3 is 3.09 bits per heavy atom. The van der Waals surface area contributed by atoms with Gasteiger partial charge in [-0.1, -0.05) is 11.6 Å². The summed E-state index contributed by atoms with van der Waals surface area (Å²) in [5.74, 6) is -0.123. The highest BCUT2D eigenvalue weighted by molar-refractivity contribution is 6.31. The van der Waals surface area contributed by atoms with Gasteiger partial charge in [0, 0.05) is 5.02 Å². The van der Waals surface area contributed by atoms with E-state index in [1.54, 1.807) is 18.2 Å². The summed E-state index contributed by atoms with van der Waals surface area (Å²) in [6.07, 6.45) is 0. The number of hydrogen-bond acceptors (Lipinski definition) is 3. The molecule has 0 saturated carbocycles. The molecule has 2 aromatic rings. The molecule has 0 aliphatic heterocycles. The van der Waals surface area contributed by atoms with Crippen molar-refractivity contribution in [2.75, 3.05) is 0 Å². The molecule has 0 aliphatic rings. The third kappa shape index (κ3) is 0.935. The van der Waals surface area contributed by atoms with E-state index < -0.39 is 0 Å². The van der Waals surface area contributed by atoms with Crippen LogP contribution in [0.4, 0.5) is 0 Å². The van der Waals surface area contributed by atoms with Gasteiger partial charge in [-0.05, 0) is 23.4 Å². The van der Waals surface area contributed by atoms with Gasteiger partial charge < -0.3 is 9.63 Å². The third-order valence-corrected chi connectivity index (χ3v) is 1.65. The standard InChI is InChI=1S/C7H4ClNO2/c8-4-1-2-6-5(3-4)7(10)9-11-6/h1-3H,(H,9,10). The van der Waals surface area contributed by atoms with Crippen LogP contribution in [0, 0.1) is 0 Å². The summed E-state index contributed by atoms with van der Waals surface area (Å²) in [5.41, 5.74) is 0.534. The van der Waals surface area contributed by atoms with Crippen LogP contribution in [-0.2, 0) is 0 Å². The number of aromatic nitrogens is 1. The van der Waals surface area contributed by atoms with Gasteiger partial charge in [0.05, 0.1) is 5.39 Å². The van der Waals surface area contributed by atoms with Gasteiger partial charge in [0.15, 0.2) is 5.58 Å². The van der Waals surface area contributed by atoms with E-state index in [9.17, 15) is 0 Å². The molecule has 1 heterocycles. The van der Waals surface area contributed by atoms with Crippen molar-refractivity contribution in [1.29, 1.82) is 0 Å². The van der Waals surface area contributed by atoms with Gasteiger partial charge in [-0.3, -0.25) is 0 Å². The van der Waals surface area contributed by atoms with Gasteiger partial charge in [-0.25, -0.2) is 0 Å². The molecule has 0 spiro atoms. The Balaban J connectivity index is 2.87. The highest BCUT2D eigenvalue weighted by Crippen LogP contribution is 2.25. The molecule has 0 unspecified atom stereocenters. The Morgan fingerprint density at radius 2 is 2.27 bits per heavy atom. The zero-order valence-electron chi connectivity index (χ0n) is 5.41. The van der Waals surface area contributed by atoms with Crippen LogP contribution < -0.4 is 0 Å². The quantitative estimate of drug-likeness (QED) is 0.658. The molecule has 0 aliphatic carbocycles. The normalized spacial score (nSPS) is 10.6. The Labute approximate surface area is 67.2 Å². The first kappa shape index (κ1) is 6.49. The molecule has 0 bridgehead atoms. The molecule has 11 heavy (non-hydrogen) atoms. The number of hydrogen-bond donors (Lipinski definition) is 1. The van der Waals surface area contributed by atoms with Gasteiger partial charge in [0.2, 0.25) is 0 Å². The Morgan fingerprint density at radius 1 is 1.45 bits per heavy atom. The first-order chi connectivity index (χ1) is 5.27. The number of aromatic hydroxyl groups is 1. The number of fused-ring (bicyclic) bond motifs is 1. The SMILES string of the molecule is Oc1noc2ccc(Cl)cc12. The van der Waals surface area contributed by atoms with Crippen LogP contribution in [0.15, 0.2) is 22.7 Å². The second kappa shape index (κ2) is 2.13. The topological polar surface area (TPSA) is 46.3 Å². The van der Waals surface area contributed by atoms with Crippen molar-refractivity contribution in [1.82, 2.24) is 5.16 Å². The van der Waals surface area contributed by atoms with Crippen molar-refractivity contribution in [3.63, 3.8) is 0 Å². The van der Waals surface area contributed by atoms with Crippen molar-refractivity contribution in [2.24, 2.45) is 0 Å². The predicted octanol–water partition coefficient (Wildman–Crippen LogP) is 2.19. The molecular weight excluding hydrogens is 166 g/mol. The summed E-state index contributed by atoms with van der Waals surface area (Å²) in [4.78, 5) is 0. The highest BCUT2D eigenvalue weighted by Gasteiger charge is 2.05. The molecule has 4 heteroatoms. The minimum Gasteiger partial charge on any atom is -0.491 e. The molecule has 0 saturated heterocycles. The molecule has 0 atom stereocenters. The maximum Gasteiger partial charge on any atom is 0.259 e. The van der Waals surface area contributed by atoms with Gasteiger partial charge in [-0.15, -0.1) is 0 Å². The second-order valence-corrected chi connectivity index (χ2v) is 2.58. The van der Waals surface area contributed by atoms with Crippen LogP contribution in [0.1, 0.15) is 0 Å². The lowest BCUT2D eigenvalue weighted by molar-refractivity contribution is 0.376. The minimum absolute atomic E-state index is 0.123. The van der Waals surface area contributed by atoms with Gasteiger partial charge in [-0.2, -0.15) is 0 Å². The number of rotatable bonds is 0. The second-order valence-electron chi connectivity index (χ2n) is 2.15. The average Bonchev–Trinajstić information content (AvgIpc) is 2.33. The van der Waals surface area contributed by atoms with E-state index >= 15 is 0 Å². The van der Waals surface area contributed by atoms with Crippen LogP contribution in [0.2, 0.25) is 5.02 Å². The molecule has 1 aromatic heterocycles. The Bertz CT molecular complexity index is 396. The van der Waals surface area contributed by atoms with E-state index in [1.807, 2.05) is 0 Å². The fraction of sp³-hybridized carbons (Fsp3) is 0. The summed E-state index contributed by atoms with van der Waals surface area (Å²) in [5, 5.41) is 13.5. The molecule has 0 amide bonds. The van der Waals surface area contributed by atoms with E-state index in [0.29, 0.717) is 16.0 Å². The molecule has 56 valence electrons. The first-order valence-corrected chi connectivity index (χ1v) is 3.39. The molecule has 1 aromatic carbocycles. The fourth-order valence-corrected chi connectivity index (χ4v) is 1.07. The molecule has 1 N–H and O–H groups in total. The minimum atomic E-state index is -0.123.